The molecule has 7 nitrogen and oxygen atoms in total. The number of carbonyl (C=O) groups excluding carboxylic acids is 2. The fourth-order valence-electron chi connectivity index (χ4n) is 3.40. The predicted molar refractivity (Wildman–Crippen MR) is 136 cm³/mol. The number of anilines is 1. The predicted octanol–water partition coefficient (Wildman–Crippen LogP) is 5.54. The largest absolute Gasteiger partial charge is 0.465 e. The van der Waals surface area contributed by atoms with Crippen LogP contribution in [0.15, 0.2) is 47.5 Å². The highest BCUT2D eigenvalue weighted by Crippen LogP contribution is 2.35. The summed E-state index contributed by atoms with van der Waals surface area (Å²) in [6.45, 7) is 8.12. The van der Waals surface area contributed by atoms with Crippen molar-refractivity contribution in [2.24, 2.45) is 0 Å². The van der Waals surface area contributed by atoms with Gasteiger partial charge < -0.3 is 10.1 Å². The molecule has 4 aromatic rings. The summed E-state index contributed by atoms with van der Waals surface area (Å²) >= 11 is 4.31. The lowest BCUT2D eigenvalue weighted by atomic mass is 10.1. The molecule has 0 saturated heterocycles. The van der Waals surface area contributed by atoms with Crippen molar-refractivity contribution < 1.29 is 14.3 Å². The Morgan fingerprint density at radius 1 is 1.27 bits per heavy atom. The molecule has 1 N–H and O–H groups in total. The summed E-state index contributed by atoms with van der Waals surface area (Å²) in [4.78, 5) is 25.8. The fourth-order valence-corrected chi connectivity index (χ4v) is 6.15. The van der Waals surface area contributed by atoms with Crippen LogP contribution < -0.4 is 5.32 Å². The molecule has 10 heteroatoms. The van der Waals surface area contributed by atoms with Gasteiger partial charge in [-0.15, -0.1) is 39.4 Å². The summed E-state index contributed by atoms with van der Waals surface area (Å²) in [5.41, 5.74) is 2.22. The number of carbonyl (C=O) groups is 2. The van der Waals surface area contributed by atoms with Gasteiger partial charge in [0.15, 0.2) is 11.0 Å². The second kappa shape index (κ2) is 9.90. The Balaban J connectivity index is 1.54. The van der Waals surface area contributed by atoms with Gasteiger partial charge in [0.05, 0.1) is 18.4 Å². The highest BCUT2D eigenvalue weighted by Gasteiger charge is 2.22. The van der Waals surface area contributed by atoms with Crippen molar-refractivity contribution in [2.45, 2.75) is 25.5 Å². The number of nitrogens with one attached hydrogen (secondary N) is 1. The van der Waals surface area contributed by atoms with Crippen LogP contribution in [-0.4, -0.2) is 39.5 Å². The maximum absolute atomic E-state index is 12.7. The molecule has 33 heavy (non-hydrogen) atoms. The molecule has 1 aromatic carbocycles. The van der Waals surface area contributed by atoms with Crippen molar-refractivity contribution in [3.63, 3.8) is 0 Å². The second-order valence-corrected chi connectivity index (χ2v) is 10.2. The SMILES string of the molecule is C=CCn1c(SCC(=O)Nc2sc(C)c(C)c2C(=O)OC)nnc1-c1csc2ccccc12. The topological polar surface area (TPSA) is 86.1 Å². The standard InChI is InChI=1S/C23H22N4O3S3/c1-5-10-27-20(16-11-31-17-9-7-6-8-15(16)17)25-26-23(27)32-12-18(28)24-21-19(22(29)30-4)13(2)14(3)33-21/h5-9,11H,1,10,12H2,2-4H3,(H,24,28). The molecule has 0 saturated carbocycles. The number of hydrogen-bond donors (Lipinski definition) is 1. The number of aromatic nitrogens is 3. The van der Waals surface area contributed by atoms with Crippen molar-refractivity contribution in [3.05, 3.63) is 58.3 Å². The lowest BCUT2D eigenvalue weighted by Gasteiger charge is -2.08. The summed E-state index contributed by atoms with van der Waals surface area (Å²) in [6.07, 6.45) is 1.78. The molecule has 0 unspecified atom stereocenters. The van der Waals surface area contributed by atoms with Crippen molar-refractivity contribution in [2.75, 3.05) is 18.2 Å². The monoisotopic (exact) mass is 498 g/mol. The molecule has 0 radical (unpaired) electrons. The zero-order valence-electron chi connectivity index (χ0n) is 18.4. The Morgan fingerprint density at radius 2 is 2.06 bits per heavy atom. The molecule has 1 amide bonds. The minimum absolute atomic E-state index is 0.121. The number of hydrogen-bond acceptors (Lipinski definition) is 8. The van der Waals surface area contributed by atoms with Crippen LogP contribution in [0.1, 0.15) is 20.8 Å². The normalized spacial score (nSPS) is 11.0. The number of ether oxygens (including phenoxy) is 1. The highest BCUT2D eigenvalue weighted by molar-refractivity contribution is 7.99. The van der Waals surface area contributed by atoms with E-state index in [1.54, 1.807) is 17.4 Å². The molecule has 170 valence electrons. The van der Waals surface area contributed by atoms with Gasteiger partial charge in [-0.05, 0) is 25.5 Å². The number of thiophene rings is 2. The van der Waals surface area contributed by atoms with E-state index in [1.807, 2.05) is 30.5 Å². The van der Waals surface area contributed by atoms with E-state index in [0.717, 1.165) is 27.2 Å². The van der Waals surface area contributed by atoms with Crippen LogP contribution in [-0.2, 0) is 16.1 Å². The van der Waals surface area contributed by atoms with Crippen molar-refractivity contribution >= 4 is 61.4 Å². The van der Waals surface area contributed by atoms with E-state index in [9.17, 15) is 9.59 Å². The number of allylic oxidation sites excluding steroid dienone is 1. The molecule has 3 heterocycles. The molecular formula is C23H22N4O3S3. The van der Waals surface area contributed by atoms with Crippen LogP contribution in [0.2, 0.25) is 0 Å². The third-order valence-electron chi connectivity index (χ3n) is 5.11. The summed E-state index contributed by atoms with van der Waals surface area (Å²) < 4.78 is 8.01. The van der Waals surface area contributed by atoms with Gasteiger partial charge in [0.25, 0.3) is 0 Å². The Kier molecular flexibility index (Phi) is 6.96. The molecule has 0 aliphatic heterocycles. The molecular weight excluding hydrogens is 476 g/mol. The second-order valence-electron chi connectivity index (χ2n) is 7.17. The minimum atomic E-state index is -0.460. The molecule has 3 aromatic heterocycles. The van der Waals surface area contributed by atoms with E-state index in [-0.39, 0.29) is 11.7 Å². The Hall–Kier alpha value is -2.95. The summed E-state index contributed by atoms with van der Waals surface area (Å²) in [5, 5.41) is 15.9. The average Bonchev–Trinajstić information content (AvgIpc) is 3.48. The van der Waals surface area contributed by atoms with E-state index in [2.05, 4.69) is 39.6 Å². The number of nitrogens with zero attached hydrogens (tertiary/aromatic N) is 3. The Morgan fingerprint density at radius 3 is 2.82 bits per heavy atom. The van der Waals surface area contributed by atoms with Crippen molar-refractivity contribution in [3.8, 4) is 11.4 Å². The van der Waals surface area contributed by atoms with Gasteiger partial charge in [0, 0.05) is 32.5 Å². The molecule has 0 atom stereocenters. The van der Waals surface area contributed by atoms with Gasteiger partial charge in [-0.25, -0.2) is 4.79 Å². The van der Waals surface area contributed by atoms with Crippen LogP contribution in [0.3, 0.4) is 0 Å². The van der Waals surface area contributed by atoms with E-state index in [0.29, 0.717) is 22.3 Å². The first kappa shape index (κ1) is 23.2. The van der Waals surface area contributed by atoms with Gasteiger partial charge in [-0.1, -0.05) is 36.0 Å². The number of aryl methyl sites for hydroxylation is 1. The minimum Gasteiger partial charge on any atom is -0.465 e. The van der Waals surface area contributed by atoms with E-state index >= 15 is 0 Å². The fraction of sp³-hybridized carbons (Fsp3) is 0.217. The third kappa shape index (κ3) is 4.59. The van der Waals surface area contributed by atoms with Crippen molar-refractivity contribution in [1.82, 2.24) is 14.8 Å². The first-order valence-corrected chi connectivity index (χ1v) is 12.7. The molecule has 0 fully saturated rings. The van der Waals surface area contributed by atoms with Crippen LogP contribution in [0.5, 0.6) is 0 Å². The van der Waals surface area contributed by atoms with E-state index in [1.165, 1.54) is 34.9 Å². The lowest BCUT2D eigenvalue weighted by molar-refractivity contribution is -0.113. The quantitative estimate of drug-likeness (QED) is 0.195. The Labute approximate surface area is 203 Å². The highest BCUT2D eigenvalue weighted by atomic mass is 32.2. The summed E-state index contributed by atoms with van der Waals surface area (Å²) in [6, 6.07) is 8.16. The smallest absolute Gasteiger partial charge is 0.341 e. The van der Waals surface area contributed by atoms with Gasteiger partial charge in [0.2, 0.25) is 5.91 Å². The molecule has 0 aliphatic carbocycles. The zero-order valence-corrected chi connectivity index (χ0v) is 20.8. The third-order valence-corrected chi connectivity index (χ3v) is 8.16. The number of fused-ring (bicyclic) bond motifs is 1. The number of benzene rings is 1. The molecule has 0 aliphatic rings. The first-order valence-electron chi connectivity index (χ1n) is 10.1. The number of esters is 1. The number of amides is 1. The number of thioether (sulfide) groups is 1. The van der Waals surface area contributed by atoms with Gasteiger partial charge in [0.1, 0.15) is 5.00 Å². The van der Waals surface area contributed by atoms with Gasteiger partial charge in [-0.3, -0.25) is 9.36 Å². The number of rotatable bonds is 8. The zero-order chi connectivity index (χ0) is 23.5. The van der Waals surface area contributed by atoms with Crippen LogP contribution >= 0.6 is 34.4 Å². The molecule has 0 bridgehead atoms. The van der Waals surface area contributed by atoms with Crippen LogP contribution in [0.25, 0.3) is 21.5 Å². The maximum Gasteiger partial charge on any atom is 0.341 e. The maximum atomic E-state index is 12.7. The average molecular weight is 499 g/mol. The van der Waals surface area contributed by atoms with Crippen molar-refractivity contribution in [1.29, 1.82) is 0 Å². The number of methoxy groups -OCH3 is 1. The van der Waals surface area contributed by atoms with E-state index in [4.69, 9.17) is 4.74 Å². The lowest BCUT2D eigenvalue weighted by Crippen LogP contribution is -2.16. The first-order chi connectivity index (χ1) is 15.9. The van der Waals surface area contributed by atoms with Crippen LogP contribution in [0.4, 0.5) is 5.00 Å². The van der Waals surface area contributed by atoms with Crippen LogP contribution in [0, 0.1) is 13.8 Å². The molecule has 4 rings (SSSR count). The summed E-state index contributed by atoms with van der Waals surface area (Å²) in [7, 11) is 1.33. The van der Waals surface area contributed by atoms with Gasteiger partial charge >= 0.3 is 5.97 Å². The molecule has 0 spiro atoms. The Bertz CT molecular complexity index is 1350. The van der Waals surface area contributed by atoms with E-state index < -0.39 is 5.97 Å². The van der Waals surface area contributed by atoms with Gasteiger partial charge in [-0.2, -0.15) is 0 Å². The summed E-state index contributed by atoms with van der Waals surface area (Å²) in [5.74, 6) is 0.170.